The van der Waals surface area contributed by atoms with Crippen LogP contribution in [0.2, 0.25) is 0 Å². The highest BCUT2D eigenvalue weighted by atomic mass is 19.1. The number of hydrogen-bond acceptors (Lipinski definition) is 5. The van der Waals surface area contributed by atoms with Crippen LogP contribution < -0.4 is 5.43 Å². The molecule has 31 heavy (non-hydrogen) atoms. The molecule has 0 spiro atoms. The number of fused-ring (bicyclic) bond motifs is 1. The lowest BCUT2D eigenvalue weighted by Crippen LogP contribution is -2.41. The van der Waals surface area contributed by atoms with Crippen LogP contribution in [-0.2, 0) is 0 Å². The van der Waals surface area contributed by atoms with E-state index in [0.29, 0.717) is 41.3 Å². The van der Waals surface area contributed by atoms with Crippen molar-refractivity contribution in [2.24, 2.45) is 0 Å². The molecule has 0 radical (unpaired) electrons. The summed E-state index contributed by atoms with van der Waals surface area (Å²) in [5.41, 5.74) is 1.05. The summed E-state index contributed by atoms with van der Waals surface area (Å²) in [6, 6.07) is 13.1. The molecule has 1 N–H and O–H groups in total. The van der Waals surface area contributed by atoms with E-state index in [2.05, 4.69) is 15.1 Å². The van der Waals surface area contributed by atoms with Gasteiger partial charge in [0.1, 0.15) is 11.4 Å². The van der Waals surface area contributed by atoms with Gasteiger partial charge in [-0.05, 0) is 37.1 Å². The number of para-hydroxylation sites is 1. The molecular weight excluding hydrogens is 399 g/mol. The van der Waals surface area contributed by atoms with E-state index >= 15 is 0 Å². The predicted octanol–water partition coefficient (Wildman–Crippen LogP) is 3.74. The molecule has 1 amide bonds. The Morgan fingerprint density at radius 3 is 2.94 bits per heavy atom. The fraction of sp³-hybridized carbons (Fsp3) is 0.217. The van der Waals surface area contributed by atoms with Crippen molar-refractivity contribution in [1.29, 1.82) is 0 Å². The number of aromatic amines is 1. The molecule has 7 nitrogen and oxygen atoms in total. The summed E-state index contributed by atoms with van der Waals surface area (Å²) in [6.07, 6.45) is 3.01. The number of hydrogen-bond donors (Lipinski definition) is 1. The molecule has 0 bridgehead atoms. The Morgan fingerprint density at radius 1 is 1.19 bits per heavy atom. The topological polar surface area (TPSA) is 92.1 Å². The fourth-order valence-electron chi connectivity index (χ4n) is 4.01. The van der Waals surface area contributed by atoms with Crippen molar-refractivity contribution >= 4 is 16.8 Å². The molecule has 0 aliphatic carbocycles. The Balaban J connectivity index is 1.38. The second-order valence-electron chi connectivity index (χ2n) is 7.63. The van der Waals surface area contributed by atoms with E-state index in [-0.39, 0.29) is 28.6 Å². The van der Waals surface area contributed by atoms with Gasteiger partial charge in [0.15, 0.2) is 0 Å². The van der Waals surface area contributed by atoms with Crippen LogP contribution in [0.3, 0.4) is 0 Å². The smallest absolute Gasteiger partial charge is 0.259 e. The zero-order valence-corrected chi connectivity index (χ0v) is 16.5. The van der Waals surface area contributed by atoms with E-state index < -0.39 is 0 Å². The Kier molecular flexibility index (Phi) is 4.82. The van der Waals surface area contributed by atoms with Crippen LogP contribution in [0.25, 0.3) is 22.3 Å². The monoisotopic (exact) mass is 418 g/mol. The fourth-order valence-corrected chi connectivity index (χ4v) is 4.01. The second kappa shape index (κ2) is 7.79. The highest BCUT2D eigenvalue weighted by molar-refractivity contribution is 5.97. The van der Waals surface area contributed by atoms with E-state index in [1.807, 2.05) is 6.07 Å². The highest BCUT2D eigenvalue weighted by Crippen LogP contribution is 2.28. The molecule has 1 aliphatic heterocycles. The van der Waals surface area contributed by atoms with Gasteiger partial charge in [0, 0.05) is 35.8 Å². The molecule has 5 rings (SSSR count). The van der Waals surface area contributed by atoms with E-state index in [4.69, 9.17) is 4.52 Å². The third-order valence-electron chi connectivity index (χ3n) is 5.60. The molecule has 1 atom stereocenters. The number of nitrogens with one attached hydrogen (secondary N) is 1. The summed E-state index contributed by atoms with van der Waals surface area (Å²) in [7, 11) is 0. The number of halogens is 1. The maximum absolute atomic E-state index is 13.5. The summed E-state index contributed by atoms with van der Waals surface area (Å²) in [4.78, 5) is 35.0. The zero-order valence-electron chi connectivity index (χ0n) is 16.5. The van der Waals surface area contributed by atoms with Gasteiger partial charge in [0.2, 0.25) is 17.1 Å². The van der Waals surface area contributed by atoms with Crippen LogP contribution in [0.4, 0.5) is 4.39 Å². The Hall–Kier alpha value is -3.81. The van der Waals surface area contributed by atoms with E-state index in [0.717, 1.165) is 12.8 Å². The van der Waals surface area contributed by atoms with Crippen molar-refractivity contribution in [1.82, 2.24) is 20.0 Å². The first-order valence-electron chi connectivity index (χ1n) is 10.1. The summed E-state index contributed by atoms with van der Waals surface area (Å²) >= 11 is 0. The van der Waals surface area contributed by atoms with Gasteiger partial charge in [-0.2, -0.15) is 4.98 Å². The van der Waals surface area contributed by atoms with E-state index in [1.54, 1.807) is 35.2 Å². The average Bonchev–Trinajstić information content (AvgIpc) is 3.30. The number of piperidine rings is 1. The number of benzene rings is 2. The summed E-state index contributed by atoms with van der Waals surface area (Å²) in [5.74, 6) is -0.124. The molecule has 1 fully saturated rings. The van der Waals surface area contributed by atoms with Gasteiger partial charge in [-0.25, -0.2) is 4.39 Å². The minimum absolute atomic E-state index is 0.116. The Morgan fingerprint density at radius 2 is 2.06 bits per heavy atom. The molecule has 1 aliphatic rings. The first-order valence-corrected chi connectivity index (χ1v) is 10.1. The second-order valence-corrected chi connectivity index (χ2v) is 7.63. The molecule has 1 unspecified atom stereocenters. The maximum Gasteiger partial charge on any atom is 0.259 e. The Bertz CT molecular complexity index is 1330. The number of pyridine rings is 1. The number of amides is 1. The number of carbonyl (C=O) groups excluding carboxylic acids is 1. The number of carbonyl (C=O) groups is 1. The lowest BCUT2D eigenvalue weighted by atomic mass is 9.97. The molecular formula is C23H19FN4O3. The largest absolute Gasteiger partial charge is 0.360 e. The van der Waals surface area contributed by atoms with Crippen LogP contribution in [0, 0.1) is 5.82 Å². The van der Waals surface area contributed by atoms with Gasteiger partial charge in [-0.15, -0.1) is 0 Å². The maximum atomic E-state index is 13.5. The standard InChI is InChI=1S/C23H19FN4O3/c24-16-7-3-5-14(11-16)21-26-22(31-27-21)15-6-4-10-28(13-15)23(30)18-12-25-19-9-2-1-8-17(19)20(18)29/h1-3,5,7-9,11-12,15H,4,6,10,13H2,(H,25,29). The highest BCUT2D eigenvalue weighted by Gasteiger charge is 2.30. The quantitative estimate of drug-likeness (QED) is 0.547. The minimum atomic E-state index is -0.376. The van der Waals surface area contributed by atoms with Gasteiger partial charge in [-0.3, -0.25) is 9.59 Å². The molecule has 3 heterocycles. The van der Waals surface area contributed by atoms with Crippen molar-refractivity contribution in [3.8, 4) is 11.4 Å². The minimum Gasteiger partial charge on any atom is -0.360 e. The third-order valence-corrected chi connectivity index (χ3v) is 5.60. The molecule has 0 saturated carbocycles. The van der Waals surface area contributed by atoms with Gasteiger partial charge < -0.3 is 14.4 Å². The van der Waals surface area contributed by atoms with Gasteiger partial charge in [0.05, 0.1) is 5.92 Å². The summed E-state index contributed by atoms with van der Waals surface area (Å²) < 4.78 is 18.9. The number of likely N-dealkylation sites (tertiary alicyclic amines) is 1. The summed E-state index contributed by atoms with van der Waals surface area (Å²) in [5, 5.41) is 4.45. The molecule has 1 saturated heterocycles. The van der Waals surface area contributed by atoms with Crippen LogP contribution in [0.15, 0.2) is 64.0 Å². The SMILES string of the molecule is O=C(c1c[nH]c2ccccc2c1=O)N1CCCC(c2nc(-c3cccc(F)c3)no2)C1. The molecule has 2 aromatic carbocycles. The first-order chi connectivity index (χ1) is 15.1. The number of aromatic nitrogens is 3. The van der Waals surface area contributed by atoms with Gasteiger partial charge in [-0.1, -0.05) is 29.4 Å². The van der Waals surface area contributed by atoms with E-state index in [9.17, 15) is 14.0 Å². The van der Waals surface area contributed by atoms with Gasteiger partial charge >= 0.3 is 0 Å². The molecule has 8 heteroatoms. The lowest BCUT2D eigenvalue weighted by Gasteiger charge is -2.30. The Labute approximate surface area is 176 Å². The van der Waals surface area contributed by atoms with Crippen LogP contribution >= 0.6 is 0 Å². The normalized spacial score (nSPS) is 16.5. The van der Waals surface area contributed by atoms with Crippen molar-refractivity contribution in [2.75, 3.05) is 13.1 Å². The summed E-state index contributed by atoms with van der Waals surface area (Å²) in [6.45, 7) is 0.919. The van der Waals surface area contributed by atoms with Crippen molar-refractivity contribution in [3.63, 3.8) is 0 Å². The average molecular weight is 418 g/mol. The van der Waals surface area contributed by atoms with Crippen LogP contribution in [-0.4, -0.2) is 39.0 Å². The number of H-pyrrole nitrogens is 1. The van der Waals surface area contributed by atoms with E-state index in [1.165, 1.54) is 18.3 Å². The molecule has 2 aromatic heterocycles. The van der Waals surface area contributed by atoms with Gasteiger partial charge in [0.25, 0.3) is 5.91 Å². The third kappa shape index (κ3) is 3.61. The van der Waals surface area contributed by atoms with Crippen molar-refractivity contribution in [2.45, 2.75) is 18.8 Å². The van der Waals surface area contributed by atoms with Crippen molar-refractivity contribution in [3.05, 3.63) is 82.2 Å². The molecule has 4 aromatic rings. The molecule has 156 valence electrons. The number of nitrogens with zero attached hydrogens (tertiary/aromatic N) is 3. The van der Waals surface area contributed by atoms with Crippen LogP contribution in [0.5, 0.6) is 0 Å². The zero-order chi connectivity index (χ0) is 21.4. The first kappa shape index (κ1) is 19.2. The van der Waals surface area contributed by atoms with Crippen molar-refractivity contribution < 1.29 is 13.7 Å². The number of rotatable bonds is 3. The lowest BCUT2D eigenvalue weighted by molar-refractivity contribution is 0.0694. The predicted molar refractivity (Wildman–Crippen MR) is 112 cm³/mol. The van der Waals surface area contributed by atoms with Crippen LogP contribution in [0.1, 0.15) is 35.0 Å².